The summed E-state index contributed by atoms with van der Waals surface area (Å²) in [6, 6.07) is 9.52. The minimum absolute atomic E-state index is 0. The monoisotopic (exact) mass is 307 g/mol. The summed E-state index contributed by atoms with van der Waals surface area (Å²) in [5.41, 5.74) is 9.82. The zero-order valence-corrected chi connectivity index (χ0v) is 13.6. The summed E-state index contributed by atoms with van der Waals surface area (Å²) in [6.07, 6.45) is 0. The van der Waals surface area contributed by atoms with Gasteiger partial charge in [0.2, 0.25) is 0 Å². The number of carbonyl (C=O) groups excluding carboxylic acids is 1. The van der Waals surface area contributed by atoms with Gasteiger partial charge in [0.05, 0.1) is 16.9 Å². The van der Waals surface area contributed by atoms with Gasteiger partial charge in [0.15, 0.2) is 0 Å². The van der Waals surface area contributed by atoms with Gasteiger partial charge in [-0.2, -0.15) is 0 Å². The van der Waals surface area contributed by atoms with Crippen molar-refractivity contribution < 1.29 is 4.79 Å². The number of amides is 1. The first-order valence-corrected chi connectivity index (χ1v) is 6.76. The molecule has 0 aliphatic rings. The van der Waals surface area contributed by atoms with E-state index in [9.17, 15) is 4.79 Å². The summed E-state index contributed by atoms with van der Waals surface area (Å²) in [7, 11) is 0. The Hall–Kier alpha value is -1.94. The SMILES string of the molecule is Cc1cc(C(=O)Nc2ccccc2N)c(C)n1C(C)C.Cl. The zero-order chi connectivity index (χ0) is 14.9. The number of nitrogens with one attached hydrogen (secondary N) is 1. The van der Waals surface area contributed by atoms with Gasteiger partial charge in [0.1, 0.15) is 0 Å². The van der Waals surface area contributed by atoms with E-state index < -0.39 is 0 Å². The maximum atomic E-state index is 12.4. The third kappa shape index (κ3) is 3.39. The van der Waals surface area contributed by atoms with Crippen LogP contribution in [0.4, 0.5) is 11.4 Å². The van der Waals surface area contributed by atoms with E-state index >= 15 is 0 Å². The molecule has 114 valence electrons. The highest BCUT2D eigenvalue weighted by Crippen LogP contribution is 2.23. The van der Waals surface area contributed by atoms with Crippen LogP contribution in [0.5, 0.6) is 0 Å². The molecule has 0 aliphatic carbocycles. The number of hydrogen-bond donors (Lipinski definition) is 2. The molecule has 2 aromatic rings. The van der Waals surface area contributed by atoms with Gasteiger partial charge in [-0.15, -0.1) is 12.4 Å². The first-order valence-electron chi connectivity index (χ1n) is 6.76. The Morgan fingerprint density at radius 2 is 1.86 bits per heavy atom. The molecule has 0 fully saturated rings. The van der Waals surface area contributed by atoms with Crippen molar-refractivity contribution in [1.29, 1.82) is 0 Å². The highest BCUT2D eigenvalue weighted by Gasteiger charge is 2.17. The molecule has 3 N–H and O–H groups in total. The van der Waals surface area contributed by atoms with E-state index in [1.807, 2.05) is 32.0 Å². The van der Waals surface area contributed by atoms with E-state index in [0.29, 0.717) is 23.0 Å². The van der Waals surface area contributed by atoms with Gasteiger partial charge in [-0.1, -0.05) is 12.1 Å². The molecule has 0 saturated carbocycles. The van der Waals surface area contributed by atoms with E-state index in [4.69, 9.17) is 5.73 Å². The second-order valence-corrected chi connectivity index (χ2v) is 5.29. The molecule has 0 spiro atoms. The second-order valence-electron chi connectivity index (χ2n) is 5.29. The number of nitrogen functional groups attached to an aromatic ring is 1. The summed E-state index contributed by atoms with van der Waals surface area (Å²) < 4.78 is 2.16. The van der Waals surface area contributed by atoms with Crippen molar-refractivity contribution in [2.75, 3.05) is 11.1 Å². The highest BCUT2D eigenvalue weighted by molar-refractivity contribution is 6.06. The van der Waals surface area contributed by atoms with E-state index in [1.54, 1.807) is 12.1 Å². The normalized spacial score (nSPS) is 10.3. The smallest absolute Gasteiger partial charge is 0.257 e. The van der Waals surface area contributed by atoms with Crippen LogP contribution in [0.1, 0.15) is 41.6 Å². The van der Waals surface area contributed by atoms with E-state index in [0.717, 1.165) is 11.4 Å². The number of carbonyl (C=O) groups is 1. The van der Waals surface area contributed by atoms with Gasteiger partial charge in [0, 0.05) is 17.4 Å². The largest absolute Gasteiger partial charge is 0.397 e. The molecule has 1 amide bonds. The van der Waals surface area contributed by atoms with Crippen molar-refractivity contribution in [2.45, 2.75) is 33.7 Å². The zero-order valence-electron chi connectivity index (χ0n) is 12.8. The lowest BCUT2D eigenvalue weighted by Crippen LogP contribution is -2.14. The van der Waals surface area contributed by atoms with E-state index in [1.165, 1.54) is 0 Å². The first-order chi connectivity index (χ1) is 9.41. The van der Waals surface area contributed by atoms with Crippen molar-refractivity contribution in [3.8, 4) is 0 Å². The molecule has 0 saturated heterocycles. The van der Waals surface area contributed by atoms with Gasteiger partial charge < -0.3 is 15.6 Å². The molecule has 5 heteroatoms. The number of benzene rings is 1. The van der Waals surface area contributed by atoms with Crippen LogP contribution < -0.4 is 11.1 Å². The Bertz CT molecular complexity index is 647. The number of halogens is 1. The molecule has 4 nitrogen and oxygen atoms in total. The number of para-hydroxylation sites is 2. The maximum absolute atomic E-state index is 12.4. The molecule has 1 aromatic heterocycles. The van der Waals surface area contributed by atoms with Crippen molar-refractivity contribution in [1.82, 2.24) is 4.57 Å². The van der Waals surface area contributed by atoms with Crippen molar-refractivity contribution in [2.24, 2.45) is 0 Å². The number of aryl methyl sites for hydroxylation is 1. The second kappa shape index (κ2) is 6.68. The van der Waals surface area contributed by atoms with Gasteiger partial charge in [0.25, 0.3) is 5.91 Å². The fourth-order valence-corrected chi connectivity index (χ4v) is 2.60. The van der Waals surface area contributed by atoms with Gasteiger partial charge in [-0.3, -0.25) is 4.79 Å². The lowest BCUT2D eigenvalue weighted by Gasteiger charge is -2.14. The van der Waals surface area contributed by atoms with Gasteiger partial charge in [-0.05, 0) is 45.9 Å². The predicted molar refractivity (Wildman–Crippen MR) is 90.3 cm³/mol. The Kier molecular flexibility index (Phi) is 5.44. The van der Waals surface area contributed by atoms with Crippen LogP contribution in [0.3, 0.4) is 0 Å². The number of rotatable bonds is 3. The molecule has 0 atom stereocenters. The number of aromatic nitrogens is 1. The summed E-state index contributed by atoms with van der Waals surface area (Å²) in [6.45, 7) is 8.20. The fraction of sp³-hybridized carbons (Fsp3) is 0.312. The molecule has 0 aliphatic heterocycles. The molecular formula is C16H22ClN3O. The molecule has 21 heavy (non-hydrogen) atoms. The van der Waals surface area contributed by atoms with Crippen LogP contribution in [-0.4, -0.2) is 10.5 Å². The summed E-state index contributed by atoms with van der Waals surface area (Å²) in [5, 5.41) is 2.87. The molecule has 1 heterocycles. The maximum Gasteiger partial charge on any atom is 0.257 e. The quantitative estimate of drug-likeness (QED) is 0.844. The van der Waals surface area contributed by atoms with Crippen molar-refractivity contribution in [3.63, 3.8) is 0 Å². The third-order valence-electron chi connectivity index (χ3n) is 3.45. The molecule has 0 bridgehead atoms. The van der Waals surface area contributed by atoms with E-state index in [-0.39, 0.29) is 18.3 Å². The van der Waals surface area contributed by atoms with Crippen LogP contribution in [0.2, 0.25) is 0 Å². The van der Waals surface area contributed by atoms with Crippen molar-refractivity contribution in [3.05, 3.63) is 47.3 Å². The average Bonchev–Trinajstić information content (AvgIpc) is 2.67. The van der Waals surface area contributed by atoms with Crippen LogP contribution in [0.15, 0.2) is 30.3 Å². The Labute approximate surface area is 131 Å². The minimum Gasteiger partial charge on any atom is -0.397 e. The summed E-state index contributed by atoms with van der Waals surface area (Å²) in [5.74, 6) is -0.122. The Morgan fingerprint density at radius 3 is 2.38 bits per heavy atom. The van der Waals surface area contributed by atoms with Gasteiger partial charge >= 0.3 is 0 Å². The predicted octanol–water partition coefficient (Wildman–Crippen LogP) is 3.94. The van der Waals surface area contributed by atoms with E-state index in [2.05, 4.69) is 23.7 Å². The molecular weight excluding hydrogens is 286 g/mol. The van der Waals surface area contributed by atoms with Crippen molar-refractivity contribution >= 4 is 29.7 Å². The minimum atomic E-state index is -0.122. The van der Waals surface area contributed by atoms with Crippen LogP contribution in [0.25, 0.3) is 0 Å². The molecule has 1 aromatic carbocycles. The van der Waals surface area contributed by atoms with Crippen LogP contribution in [-0.2, 0) is 0 Å². The summed E-state index contributed by atoms with van der Waals surface area (Å²) in [4.78, 5) is 12.4. The third-order valence-corrected chi connectivity index (χ3v) is 3.45. The lowest BCUT2D eigenvalue weighted by molar-refractivity contribution is 0.102. The highest BCUT2D eigenvalue weighted by atomic mass is 35.5. The molecule has 0 radical (unpaired) electrons. The Balaban J connectivity index is 0.00000220. The van der Waals surface area contributed by atoms with Gasteiger partial charge in [-0.25, -0.2) is 0 Å². The Morgan fingerprint density at radius 1 is 1.24 bits per heavy atom. The standard InChI is InChI=1S/C16H21N3O.ClH/c1-10(2)19-11(3)9-13(12(19)4)16(20)18-15-8-6-5-7-14(15)17;/h5-10H,17H2,1-4H3,(H,18,20);1H. The van der Waals surface area contributed by atoms with Crippen LogP contribution >= 0.6 is 12.4 Å². The molecule has 0 unspecified atom stereocenters. The number of anilines is 2. The molecule has 2 rings (SSSR count). The fourth-order valence-electron chi connectivity index (χ4n) is 2.60. The number of hydrogen-bond acceptors (Lipinski definition) is 2. The summed E-state index contributed by atoms with van der Waals surface area (Å²) >= 11 is 0. The first kappa shape index (κ1) is 17.1. The average molecular weight is 308 g/mol. The lowest BCUT2D eigenvalue weighted by atomic mass is 10.2. The topological polar surface area (TPSA) is 60.1 Å². The van der Waals surface area contributed by atoms with Crippen LogP contribution in [0, 0.1) is 13.8 Å². The number of nitrogens with two attached hydrogens (primary N) is 1. The number of nitrogens with zero attached hydrogens (tertiary/aromatic N) is 1.